The van der Waals surface area contributed by atoms with Gasteiger partial charge in [0.1, 0.15) is 0 Å². The van der Waals surface area contributed by atoms with Crippen molar-refractivity contribution in [1.82, 2.24) is 0 Å². The fourth-order valence-electron chi connectivity index (χ4n) is 3.84. The van der Waals surface area contributed by atoms with E-state index in [0.717, 1.165) is 18.2 Å². The predicted octanol–water partition coefficient (Wildman–Crippen LogP) is 2.82. The summed E-state index contributed by atoms with van der Waals surface area (Å²) in [6.45, 7) is 0.994. The summed E-state index contributed by atoms with van der Waals surface area (Å²) in [5.74, 6) is 0.459. The van der Waals surface area contributed by atoms with Crippen LogP contribution in [0.25, 0.3) is 0 Å². The van der Waals surface area contributed by atoms with Gasteiger partial charge in [0.05, 0.1) is 24.0 Å². The van der Waals surface area contributed by atoms with E-state index in [1.54, 1.807) is 0 Å². The fraction of sp³-hybridized carbons (Fsp3) is 0.562. The average Bonchev–Trinajstić information content (AvgIpc) is 2.90. The van der Waals surface area contributed by atoms with E-state index in [2.05, 4.69) is 4.90 Å². The molecule has 0 amide bonds. The Hall–Kier alpha value is -1.71. The van der Waals surface area contributed by atoms with Crippen LogP contribution < -0.4 is 10.6 Å². The molecule has 2 N–H and O–H groups in total. The van der Waals surface area contributed by atoms with Gasteiger partial charge in [-0.2, -0.15) is 0 Å². The zero-order valence-corrected chi connectivity index (χ0v) is 12.0. The van der Waals surface area contributed by atoms with E-state index in [9.17, 15) is 4.79 Å². The number of carbonyl (C=O) groups is 1. The molecule has 1 aromatic rings. The largest absolute Gasteiger partial charge is 0.465 e. The lowest BCUT2D eigenvalue weighted by molar-refractivity contribution is 0.0601. The SMILES string of the molecule is COC(=O)c1cccc(N)c1N1CCC2CCCCC21. The molecular formula is C16H22N2O2. The Bertz CT molecular complexity index is 515. The number of fused-ring (bicyclic) bond motifs is 1. The number of nitrogen functional groups attached to an aromatic ring is 1. The summed E-state index contributed by atoms with van der Waals surface area (Å²) in [5, 5.41) is 0. The van der Waals surface area contributed by atoms with Crippen molar-refractivity contribution in [3.63, 3.8) is 0 Å². The molecule has 2 fully saturated rings. The molecular weight excluding hydrogens is 252 g/mol. The van der Waals surface area contributed by atoms with Crippen molar-refractivity contribution in [2.75, 3.05) is 24.3 Å². The van der Waals surface area contributed by atoms with Crippen LogP contribution in [0.2, 0.25) is 0 Å². The van der Waals surface area contributed by atoms with E-state index >= 15 is 0 Å². The highest BCUT2D eigenvalue weighted by Gasteiger charge is 2.37. The van der Waals surface area contributed by atoms with E-state index in [1.165, 1.54) is 39.2 Å². The molecule has 2 aliphatic rings. The number of benzene rings is 1. The second kappa shape index (κ2) is 5.35. The first-order valence-electron chi connectivity index (χ1n) is 7.46. The normalized spacial score (nSPS) is 25.4. The highest BCUT2D eigenvalue weighted by Crippen LogP contribution is 2.42. The molecule has 108 valence electrons. The number of rotatable bonds is 2. The van der Waals surface area contributed by atoms with Gasteiger partial charge in [-0.05, 0) is 37.3 Å². The number of ether oxygens (including phenoxy) is 1. The number of methoxy groups -OCH3 is 1. The van der Waals surface area contributed by atoms with E-state index in [0.29, 0.717) is 17.3 Å². The van der Waals surface area contributed by atoms with Gasteiger partial charge in [0.2, 0.25) is 0 Å². The molecule has 1 aliphatic carbocycles. The molecule has 1 heterocycles. The first-order chi connectivity index (χ1) is 9.72. The highest BCUT2D eigenvalue weighted by atomic mass is 16.5. The first-order valence-corrected chi connectivity index (χ1v) is 7.46. The number of nitrogens with zero attached hydrogens (tertiary/aromatic N) is 1. The van der Waals surface area contributed by atoms with Crippen molar-refractivity contribution in [2.45, 2.75) is 38.1 Å². The summed E-state index contributed by atoms with van der Waals surface area (Å²) in [6, 6.07) is 6.04. The molecule has 1 saturated carbocycles. The van der Waals surface area contributed by atoms with Gasteiger partial charge in [-0.15, -0.1) is 0 Å². The standard InChI is InChI=1S/C16H22N2O2/c1-20-16(19)12-6-4-7-13(17)15(12)18-10-9-11-5-2-3-8-14(11)18/h4,6-7,11,14H,2-3,5,8-10,17H2,1H3. The maximum atomic E-state index is 12.0. The average molecular weight is 274 g/mol. The molecule has 20 heavy (non-hydrogen) atoms. The van der Waals surface area contributed by atoms with E-state index in [4.69, 9.17) is 10.5 Å². The van der Waals surface area contributed by atoms with Gasteiger partial charge >= 0.3 is 5.97 Å². The highest BCUT2D eigenvalue weighted by molar-refractivity contribution is 5.99. The number of hydrogen-bond donors (Lipinski definition) is 1. The molecule has 3 rings (SSSR count). The van der Waals surface area contributed by atoms with Gasteiger partial charge in [0, 0.05) is 12.6 Å². The van der Waals surface area contributed by atoms with Gasteiger partial charge in [-0.25, -0.2) is 4.79 Å². The minimum absolute atomic E-state index is 0.299. The predicted molar refractivity (Wildman–Crippen MR) is 79.9 cm³/mol. The topological polar surface area (TPSA) is 55.6 Å². The van der Waals surface area contributed by atoms with Crippen LogP contribution in [0.15, 0.2) is 18.2 Å². The van der Waals surface area contributed by atoms with Gasteiger partial charge < -0.3 is 15.4 Å². The van der Waals surface area contributed by atoms with Crippen molar-refractivity contribution < 1.29 is 9.53 Å². The third kappa shape index (κ3) is 2.13. The van der Waals surface area contributed by atoms with Crippen LogP contribution in [-0.2, 0) is 4.74 Å². The molecule has 0 bridgehead atoms. The molecule has 1 saturated heterocycles. The molecule has 0 spiro atoms. The summed E-state index contributed by atoms with van der Waals surface area (Å²) < 4.78 is 4.91. The van der Waals surface area contributed by atoms with Crippen LogP contribution in [0.4, 0.5) is 11.4 Å². The van der Waals surface area contributed by atoms with E-state index in [1.807, 2.05) is 18.2 Å². The second-order valence-corrected chi connectivity index (χ2v) is 5.83. The number of esters is 1. The van der Waals surface area contributed by atoms with Crippen molar-refractivity contribution in [3.05, 3.63) is 23.8 Å². The lowest BCUT2D eigenvalue weighted by atomic mass is 9.85. The Morgan fingerprint density at radius 2 is 2.10 bits per heavy atom. The minimum Gasteiger partial charge on any atom is -0.465 e. The molecule has 1 aliphatic heterocycles. The lowest BCUT2D eigenvalue weighted by Crippen LogP contribution is -2.36. The number of anilines is 2. The number of hydrogen-bond acceptors (Lipinski definition) is 4. The summed E-state index contributed by atoms with van der Waals surface area (Å²) in [4.78, 5) is 14.4. The van der Waals surface area contributed by atoms with Crippen LogP contribution in [0.5, 0.6) is 0 Å². The van der Waals surface area contributed by atoms with Crippen LogP contribution in [-0.4, -0.2) is 25.7 Å². The Morgan fingerprint density at radius 3 is 2.90 bits per heavy atom. The van der Waals surface area contributed by atoms with Gasteiger partial charge in [0.25, 0.3) is 0 Å². The van der Waals surface area contributed by atoms with Gasteiger partial charge in [0.15, 0.2) is 0 Å². The smallest absolute Gasteiger partial charge is 0.340 e. The van der Waals surface area contributed by atoms with Gasteiger partial charge in [-0.3, -0.25) is 0 Å². The lowest BCUT2D eigenvalue weighted by Gasteiger charge is -2.34. The van der Waals surface area contributed by atoms with Crippen LogP contribution in [0.3, 0.4) is 0 Å². The molecule has 4 heteroatoms. The number of carbonyl (C=O) groups excluding carboxylic acids is 1. The van der Waals surface area contributed by atoms with E-state index in [-0.39, 0.29) is 5.97 Å². The Labute approximate surface area is 119 Å². The molecule has 1 aromatic carbocycles. The van der Waals surface area contributed by atoms with Crippen molar-refractivity contribution in [2.24, 2.45) is 5.92 Å². The monoisotopic (exact) mass is 274 g/mol. The summed E-state index contributed by atoms with van der Waals surface area (Å²) in [6.07, 6.45) is 6.34. The van der Waals surface area contributed by atoms with Crippen molar-refractivity contribution >= 4 is 17.3 Å². The maximum absolute atomic E-state index is 12.0. The second-order valence-electron chi connectivity index (χ2n) is 5.83. The summed E-state index contributed by atoms with van der Waals surface area (Å²) >= 11 is 0. The quantitative estimate of drug-likeness (QED) is 0.665. The Kier molecular flexibility index (Phi) is 3.55. The minimum atomic E-state index is -0.299. The zero-order chi connectivity index (χ0) is 14.1. The van der Waals surface area contributed by atoms with Crippen LogP contribution >= 0.6 is 0 Å². The molecule has 4 nitrogen and oxygen atoms in total. The van der Waals surface area contributed by atoms with Crippen molar-refractivity contribution in [1.29, 1.82) is 0 Å². The van der Waals surface area contributed by atoms with Crippen LogP contribution in [0, 0.1) is 5.92 Å². The molecule has 2 unspecified atom stereocenters. The van der Waals surface area contributed by atoms with Gasteiger partial charge in [-0.1, -0.05) is 18.9 Å². The van der Waals surface area contributed by atoms with Crippen LogP contribution in [0.1, 0.15) is 42.5 Å². The summed E-state index contributed by atoms with van der Waals surface area (Å²) in [5.41, 5.74) is 8.32. The molecule has 0 radical (unpaired) electrons. The third-order valence-electron chi connectivity index (χ3n) is 4.77. The zero-order valence-electron chi connectivity index (χ0n) is 12.0. The number of nitrogens with two attached hydrogens (primary N) is 1. The molecule has 2 atom stereocenters. The van der Waals surface area contributed by atoms with E-state index < -0.39 is 0 Å². The third-order valence-corrected chi connectivity index (χ3v) is 4.77. The summed E-state index contributed by atoms with van der Waals surface area (Å²) in [7, 11) is 1.42. The Morgan fingerprint density at radius 1 is 1.30 bits per heavy atom. The Balaban J connectivity index is 1.99. The fourth-order valence-corrected chi connectivity index (χ4v) is 3.84. The maximum Gasteiger partial charge on any atom is 0.340 e. The van der Waals surface area contributed by atoms with Crippen molar-refractivity contribution in [3.8, 4) is 0 Å². The first kappa shape index (κ1) is 13.3. The number of para-hydroxylation sites is 1. The molecule has 0 aromatic heterocycles.